The fourth-order valence-corrected chi connectivity index (χ4v) is 3.74. The summed E-state index contributed by atoms with van der Waals surface area (Å²) in [5.41, 5.74) is 3.49. The smallest absolute Gasteiger partial charge is 0.182 e. The summed E-state index contributed by atoms with van der Waals surface area (Å²) in [6, 6.07) is 6.37. The minimum atomic E-state index is -0.276. The molecule has 1 aromatic carbocycles. The molecule has 1 aromatic rings. The number of rotatable bonds is 4. The highest BCUT2D eigenvalue weighted by molar-refractivity contribution is 6.03. The second-order valence-corrected chi connectivity index (χ2v) is 6.03. The summed E-state index contributed by atoms with van der Waals surface area (Å²) in [4.78, 5) is 12.9. The maximum absolute atomic E-state index is 12.9. The van der Waals surface area contributed by atoms with Crippen LogP contribution < -0.4 is 5.32 Å². The van der Waals surface area contributed by atoms with Gasteiger partial charge in [0.25, 0.3) is 0 Å². The van der Waals surface area contributed by atoms with Crippen molar-refractivity contribution in [1.29, 1.82) is 0 Å². The molecule has 1 fully saturated rings. The zero-order valence-corrected chi connectivity index (χ0v) is 11.8. The number of ketones is 1. The van der Waals surface area contributed by atoms with E-state index < -0.39 is 0 Å². The highest BCUT2D eigenvalue weighted by Crippen LogP contribution is 2.31. The third-order valence-electron chi connectivity index (χ3n) is 4.72. The van der Waals surface area contributed by atoms with Crippen LogP contribution in [0.1, 0.15) is 60.5 Å². The first kappa shape index (κ1) is 12.9. The van der Waals surface area contributed by atoms with Gasteiger partial charge >= 0.3 is 0 Å². The van der Waals surface area contributed by atoms with Crippen LogP contribution >= 0.6 is 0 Å². The molecule has 0 spiro atoms. The Morgan fingerprint density at radius 1 is 1.26 bits per heavy atom. The SMILES string of the molecule is CCCC1(C(=O)c2ccc3c(c2)CCC3)CCCN1. The Morgan fingerprint density at radius 3 is 2.84 bits per heavy atom. The summed E-state index contributed by atoms with van der Waals surface area (Å²) < 4.78 is 0. The van der Waals surface area contributed by atoms with Crippen LogP contribution in [-0.4, -0.2) is 17.9 Å². The van der Waals surface area contributed by atoms with Crippen LogP contribution in [-0.2, 0) is 12.8 Å². The first-order valence-electron chi connectivity index (χ1n) is 7.67. The number of hydrogen-bond acceptors (Lipinski definition) is 2. The van der Waals surface area contributed by atoms with E-state index in [4.69, 9.17) is 0 Å². The van der Waals surface area contributed by atoms with Crippen molar-refractivity contribution in [2.24, 2.45) is 0 Å². The number of Topliss-reactive ketones (excluding diaryl/α,β-unsaturated/α-hetero) is 1. The van der Waals surface area contributed by atoms with Crippen LogP contribution in [0.5, 0.6) is 0 Å². The molecule has 0 radical (unpaired) electrons. The van der Waals surface area contributed by atoms with Gasteiger partial charge in [-0.3, -0.25) is 4.79 Å². The summed E-state index contributed by atoms with van der Waals surface area (Å²) in [6.07, 6.45) is 7.71. The Morgan fingerprint density at radius 2 is 2.11 bits per heavy atom. The minimum absolute atomic E-state index is 0.276. The molecular formula is C17H23NO. The third-order valence-corrected chi connectivity index (χ3v) is 4.72. The third kappa shape index (κ3) is 2.23. The van der Waals surface area contributed by atoms with Gasteiger partial charge in [-0.25, -0.2) is 0 Å². The van der Waals surface area contributed by atoms with Crippen molar-refractivity contribution in [3.8, 4) is 0 Å². The summed E-state index contributed by atoms with van der Waals surface area (Å²) in [6.45, 7) is 3.15. The van der Waals surface area contributed by atoms with Gasteiger partial charge in [0.05, 0.1) is 5.54 Å². The average molecular weight is 257 g/mol. The first-order valence-corrected chi connectivity index (χ1v) is 7.67. The molecule has 1 N–H and O–H groups in total. The lowest BCUT2D eigenvalue weighted by Gasteiger charge is -2.28. The maximum atomic E-state index is 12.9. The van der Waals surface area contributed by atoms with Crippen molar-refractivity contribution in [2.75, 3.05) is 6.54 Å². The van der Waals surface area contributed by atoms with Gasteiger partial charge < -0.3 is 5.32 Å². The lowest BCUT2D eigenvalue weighted by atomic mass is 9.83. The van der Waals surface area contributed by atoms with Gasteiger partial charge in [-0.05, 0) is 62.3 Å². The molecule has 0 saturated carbocycles. The molecule has 0 aromatic heterocycles. The van der Waals surface area contributed by atoms with Crippen LogP contribution in [0.3, 0.4) is 0 Å². The van der Waals surface area contributed by atoms with Gasteiger partial charge in [0.2, 0.25) is 0 Å². The van der Waals surface area contributed by atoms with E-state index in [0.717, 1.165) is 44.2 Å². The van der Waals surface area contributed by atoms with E-state index in [1.165, 1.54) is 24.0 Å². The fourth-order valence-electron chi connectivity index (χ4n) is 3.74. The summed E-state index contributed by atoms with van der Waals surface area (Å²) in [7, 11) is 0. The van der Waals surface area contributed by atoms with Crippen LogP contribution in [0.15, 0.2) is 18.2 Å². The van der Waals surface area contributed by atoms with E-state index in [-0.39, 0.29) is 5.54 Å². The van der Waals surface area contributed by atoms with Gasteiger partial charge in [0, 0.05) is 5.56 Å². The number of nitrogens with one attached hydrogen (secondary N) is 1. The number of benzene rings is 1. The molecular weight excluding hydrogens is 234 g/mol. The number of fused-ring (bicyclic) bond motifs is 1. The Kier molecular flexibility index (Phi) is 3.44. The topological polar surface area (TPSA) is 29.1 Å². The molecule has 1 aliphatic heterocycles. The highest BCUT2D eigenvalue weighted by atomic mass is 16.1. The summed E-state index contributed by atoms with van der Waals surface area (Å²) in [5, 5.41) is 3.49. The normalized spacial score (nSPS) is 25.5. The van der Waals surface area contributed by atoms with Crippen molar-refractivity contribution in [2.45, 2.75) is 57.4 Å². The quantitative estimate of drug-likeness (QED) is 0.839. The van der Waals surface area contributed by atoms with Gasteiger partial charge in [0.1, 0.15) is 0 Å². The van der Waals surface area contributed by atoms with Crippen LogP contribution in [0, 0.1) is 0 Å². The van der Waals surface area contributed by atoms with Crippen molar-refractivity contribution in [3.05, 3.63) is 34.9 Å². The van der Waals surface area contributed by atoms with Gasteiger partial charge in [-0.2, -0.15) is 0 Å². The molecule has 1 heterocycles. The molecule has 19 heavy (non-hydrogen) atoms. The second kappa shape index (κ2) is 5.09. The molecule has 1 unspecified atom stereocenters. The van der Waals surface area contributed by atoms with Crippen LogP contribution in [0.4, 0.5) is 0 Å². The molecule has 2 aliphatic rings. The predicted molar refractivity (Wildman–Crippen MR) is 77.7 cm³/mol. The minimum Gasteiger partial charge on any atom is -0.305 e. The molecule has 3 rings (SSSR count). The molecule has 0 bridgehead atoms. The molecule has 102 valence electrons. The van der Waals surface area contributed by atoms with Crippen molar-refractivity contribution in [3.63, 3.8) is 0 Å². The maximum Gasteiger partial charge on any atom is 0.182 e. The highest BCUT2D eigenvalue weighted by Gasteiger charge is 2.40. The van der Waals surface area contributed by atoms with Gasteiger partial charge in [0.15, 0.2) is 5.78 Å². The molecule has 0 amide bonds. The molecule has 1 atom stereocenters. The lowest BCUT2D eigenvalue weighted by molar-refractivity contribution is 0.0857. The Hall–Kier alpha value is -1.15. The number of carbonyl (C=O) groups is 1. The standard InChI is InChI=1S/C17H23NO/c1-2-9-17(10-4-11-18-17)16(19)15-8-7-13-5-3-6-14(13)12-15/h7-8,12,18H,2-6,9-11H2,1H3. The largest absolute Gasteiger partial charge is 0.305 e. The van der Waals surface area contributed by atoms with Crippen LogP contribution in [0.2, 0.25) is 0 Å². The molecule has 2 nitrogen and oxygen atoms in total. The fraction of sp³-hybridized carbons (Fsp3) is 0.588. The summed E-state index contributed by atoms with van der Waals surface area (Å²) >= 11 is 0. The summed E-state index contributed by atoms with van der Waals surface area (Å²) in [5.74, 6) is 0.321. The van der Waals surface area contributed by atoms with E-state index in [1.807, 2.05) is 6.07 Å². The second-order valence-electron chi connectivity index (χ2n) is 6.03. The number of hydrogen-bond donors (Lipinski definition) is 1. The molecule has 1 aliphatic carbocycles. The van der Waals surface area contributed by atoms with E-state index in [0.29, 0.717) is 5.78 Å². The monoisotopic (exact) mass is 257 g/mol. The molecule has 1 saturated heterocycles. The van der Waals surface area contributed by atoms with E-state index in [9.17, 15) is 4.79 Å². The Balaban J connectivity index is 1.90. The Labute approximate surface area is 115 Å². The van der Waals surface area contributed by atoms with Crippen molar-refractivity contribution >= 4 is 5.78 Å². The lowest BCUT2D eigenvalue weighted by Crippen LogP contribution is -2.47. The zero-order chi connectivity index (χ0) is 13.3. The van der Waals surface area contributed by atoms with Crippen molar-refractivity contribution in [1.82, 2.24) is 5.32 Å². The zero-order valence-electron chi connectivity index (χ0n) is 11.8. The first-order chi connectivity index (χ1) is 9.25. The molecule has 2 heteroatoms. The Bertz CT molecular complexity index is 486. The van der Waals surface area contributed by atoms with Crippen LogP contribution in [0.25, 0.3) is 0 Å². The van der Waals surface area contributed by atoms with E-state index in [2.05, 4.69) is 24.4 Å². The van der Waals surface area contributed by atoms with Gasteiger partial charge in [-0.1, -0.05) is 25.5 Å². The van der Waals surface area contributed by atoms with Crippen molar-refractivity contribution < 1.29 is 4.79 Å². The predicted octanol–water partition coefficient (Wildman–Crippen LogP) is 3.28. The average Bonchev–Trinajstić information content (AvgIpc) is 3.06. The number of aryl methyl sites for hydroxylation is 2. The van der Waals surface area contributed by atoms with E-state index in [1.54, 1.807) is 0 Å². The number of carbonyl (C=O) groups excluding carboxylic acids is 1. The van der Waals surface area contributed by atoms with Gasteiger partial charge in [-0.15, -0.1) is 0 Å². The van der Waals surface area contributed by atoms with E-state index >= 15 is 0 Å².